The molecule has 2 aliphatic carbocycles. The van der Waals surface area contributed by atoms with Gasteiger partial charge in [-0.2, -0.15) is 35.1 Å². The Bertz CT molecular complexity index is 1060. The van der Waals surface area contributed by atoms with Crippen molar-refractivity contribution in [3.63, 3.8) is 0 Å². The number of esters is 3. The second-order valence-corrected chi connectivity index (χ2v) is 8.56. The lowest BCUT2D eigenvalue weighted by atomic mass is 9.78. The number of fused-ring (bicyclic) bond motifs is 1. The average Bonchev–Trinajstić information content (AvgIpc) is 3.30. The maximum Gasteiger partial charge on any atom is 0.420 e. The molecule has 1 saturated heterocycles. The van der Waals surface area contributed by atoms with E-state index in [1.165, 1.54) is 0 Å². The number of halogens is 8. The third kappa shape index (κ3) is 4.14. The number of carbonyl (C=O) groups excluding carboxylic acids is 3. The Labute approximate surface area is 189 Å². The van der Waals surface area contributed by atoms with Crippen molar-refractivity contribution in [3.8, 4) is 11.5 Å². The van der Waals surface area contributed by atoms with E-state index >= 15 is 0 Å². The average molecular weight is 518 g/mol. The van der Waals surface area contributed by atoms with Crippen LogP contribution in [0.2, 0.25) is 0 Å². The quantitative estimate of drug-likeness (QED) is 0.369. The highest BCUT2D eigenvalue weighted by Gasteiger charge is 2.70. The topological polar surface area (TPSA) is 99.1 Å². The van der Waals surface area contributed by atoms with Crippen molar-refractivity contribution in [1.29, 1.82) is 0 Å². The molecule has 15 heteroatoms. The van der Waals surface area contributed by atoms with E-state index in [0.717, 1.165) is 0 Å². The number of alkyl halides is 8. The van der Waals surface area contributed by atoms with Crippen LogP contribution in [-0.2, 0) is 36.2 Å². The lowest BCUT2D eigenvalue weighted by molar-refractivity contribution is -0.185. The number of hydrogen-bond donors (Lipinski definition) is 1. The Morgan fingerprint density at radius 2 is 1.54 bits per heavy atom. The number of phenols is 1. The molecule has 0 radical (unpaired) electrons. The van der Waals surface area contributed by atoms with Gasteiger partial charge in [-0.05, 0) is 18.6 Å². The van der Waals surface area contributed by atoms with Gasteiger partial charge in [0.05, 0.1) is 11.8 Å². The van der Waals surface area contributed by atoms with E-state index in [1.807, 2.05) is 0 Å². The number of benzene rings is 1. The minimum Gasteiger partial charge on any atom is -0.507 e. The summed E-state index contributed by atoms with van der Waals surface area (Å²) < 4.78 is 120. The summed E-state index contributed by atoms with van der Waals surface area (Å²) in [7, 11) is 0. The van der Waals surface area contributed by atoms with Crippen molar-refractivity contribution in [2.45, 2.75) is 43.8 Å². The number of phenolic OH excluding ortho intramolecular Hbond substituents is 1. The van der Waals surface area contributed by atoms with Gasteiger partial charge in [0, 0.05) is 18.8 Å². The summed E-state index contributed by atoms with van der Waals surface area (Å²) in [6.07, 6.45) is -13.5. The van der Waals surface area contributed by atoms with E-state index in [4.69, 9.17) is 14.2 Å². The van der Waals surface area contributed by atoms with E-state index in [2.05, 4.69) is 0 Å². The molecule has 0 amide bonds. The monoisotopic (exact) mass is 518 g/mol. The Morgan fingerprint density at radius 1 is 1.00 bits per heavy atom. The van der Waals surface area contributed by atoms with Crippen LogP contribution >= 0.6 is 0 Å². The molecule has 6 atom stereocenters. The lowest BCUT2D eigenvalue weighted by Gasteiger charge is -2.30. The Balaban J connectivity index is 1.65. The van der Waals surface area contributed by atoms with E-state index in [9.17, 15) is 54.6 Å². The molecular weight excluding hydrogens is 504 g/mol. The van der Waals surface area contributed by atoms with Crippen LogP contribution in [0.25, 0.3) is 0 Å². The minimum absolute atomic E-state index is 0.0226. The summed E-state index contributed by atoms with van der Waals surface area (Å²) in [4.78, 5) is 36.7. The van der Waals surface area contributed by atoms with Crippen LogP contribution in [-0.4, -0.2) is 41.1 Å². The number of hydrogen-bond acceptors (Lipinski definition) is 7. The van der Waals surface area contributed by atoms with Crippen LogP contribution in [0.3, 0.4) is 0 Å². The fourth-order valence-corrected chi connectivity index (χ4v) is 4.98. The molecule has 1 aromatic carbocycles. The molecule has 1 aliphatic heterocycles. The second kappa shape index (κ2) is 7.68. The smallest absolute Gasteiger partial charge is 0.420 e. The first-order valence-electron chi connectivity index (χ1n) is 9.93. The van der Waals surface area contributed by atoms with Crippen molar-refractivity contribution >= 4 is 17.9 Å². The highest BCUT2D eigenvalue weighted by molar-refractivity contribution is 5.87. The van der Waals surface area contributed by atoms with Gasteiger partial charge in [0.25, 0.3) is 0 Å². The van der Waals surface area contributed by atoms with Crippen molar-refractivity contribution in [2.75, 3.05) is 0 Å². The summed E-state index contributed by atoms with van der Waals surface area (Å²) in [5, 5.41) is 9.47. The van der Waals surface area contributed by atoms with Crippen LogP contribution in [0.1, 0.15) is 24.5 Å². The number of aromatic hydroxyl groups is 1. The van der Waals surface area contributed by atoms with E-state index in [-0.39, 0.29) is 25.5 Å². The predicted molar refractivity (Wildman–Crippen MR) is 92.7 cm³/mol. The van der Waals surface area contributed by atoms with Gasteiger partial charge in [-0.1, -0.05) is 0 Å². The highest BCUT2D eigenvalue weighted by atomic mass is 19.4. The fourth-order valence-electron chi connectivity index (χ4n) is 4.98. The van der Waals surface area contributed by atoms with Crippen LogP contribution in [0.5, 0.6) is 11.5 Å². The molecule has 3 aliphatic rings. The summed E-state index contributed by atoms with van der Waals surface area (Å²) >= 11 is 0. The third-order valence-electron chi connectivity index (χ3n) is 6.33. The highest BCUT2D eigenvalue weighted by Crippen LogP contribution is 2.59. The minimum atomic E-state index is -5.45. The predicted octanol–water partition coefficient (Wildman–Crippen LogP) is 3.71. The zero-order valence-electron chi connectivity index (χ0n) is 17.2. The van der Waals surface area contributed by atoms with E-state index in [0.29, 0.717) is 0 Å². The third-order valence-corrected chi connectivity index (χ3v) is 6.33. The number of ether oxygens (including phenoxy) is 3. The van der Waals surface area contributed by atoms with Gasteiger partial charge in [0.2, 0.25) is 0 Å². The van der Waals surface area contributed by atoms with Crippen LogP contribution in [0.15, 0.2) is 12.1 Å². The normalized spacial score (nSPS) is 29.8. The molecule has 2 saturated carbocycles. The van der Waals surface area contributed by atoms with E-state index in [1.54, 1.807) is 0 Å². The molecule has 192 valence electrons. The second-order valence-electron chi connectivity index (χ2n) is 8.56. The lowest BCUT2D eigenvalue weighted by Crippen LogP contribution is -2.46. The van der Waals surface area contributed by atoms with Gasteiger partial charge in [-0.25, -0.2) is 4.79 Å². The first-order valence-corrected chi connectivity index (χ1v) is 9.93. The maximum absolute atomic E-state index is 13.3. The van der Waals surface area contributed by atoms with Crippen LogP contribution in [0.4, 0.5) is 35.1 Å². The van der Waals surface area contributed by atoms with Crippen molar-refractivity contribution in [2.24, 2.45) is 23.7 Å². The van der Waals surface area contributed by atoms with Crippen LogP contribution in [0, 0.1) is 23.7 Å². The van der Waals surface area contributed by atoms with Gasteiger partial charge < -0.3 is 19.3 Å². The van der Waals surface area contributed by atoms with Gasteiger partial charge in [-0.3, -0.25) is 9.59 Å². The maximum atomic E-state index is 13.3. The molecule has 35 heavy (non-hydrogen) atoms. The summed E-state index contributed by atoms with van der Waals surface area (Å²) in [5.74, 6) is -16.3. The molecule has 7 nitrogen and oxygen atoms in total. The zero-order chi connectivity index (χ0) is 26.2. The molecule has 1 N–H and O–H groups in total. The first kappa shape index (κ1) is 25.0. The summed E-state index contributed by atoms with van der Waals surface area (Å²) in [6.45, 7) is 0.249. The largest absolute Gasteiger partial charge is 0.507 e. The van der Waals surface area contributed by atoms with Crippen molar-refractivity contribution < 1.29 is 68.8 Å². The summed E-state index contributed by atoms with van der Waals surface area (Å²) in [6, 6.07) is -0.0544. The molecule has 4 rings (SSSR count). The van der Waals surface area contributed by atoms with Gasteiger partial charge in [0.1, 0.15) is 34.8 Å². The van der Waals surface area contributed by atoms with Crippen molar-refractivity contribution in [1.82, 2.24) is 0 Å². The van der Waals surface area contributed by atoms with Crippen molar-refractivity contribution in [3.05, 3.63) is 23.3 Å². The molecular formula is C20H14F8O7. The molecule has 6 unspecified atom stereocenters. The van der Waals surface area contributed by atoms with E-state index < -0.39 is 94.7 Å². The molecule has 1 aromatic rings. The van der Waals surface area contributed by atoms with Gasteiger partial charge in [0.15, 0.2) is 0 Å². The molecule has 0 aromatic heterocycles. The number of rotatable bonds is 4. The Kier molecular flexibility index (Phi) is 5.48. The molecule has 0 spiro atoms. The SMILES string of the molecule is CC(F)(F)C(=O)OC1C2CC3C1OC(=O)C3C2C(=O)Oc1cc(C(F)(F)F)c(O)c(C(F)(F)F)c1. The van der Waals surface area contributed by atoms with Gasteiger partial charge in [-0.15, -0.1) is 0 Å². The standard InChI is InChI=1S/C20H14F8O7/c1-18(21,22)17(32)35-14-7-4-6-11(16(31)34-13(6)14)10(7)15(30)33-5-2-8(19(23,24)25)12(29)9(3-5)20(26,27)28/h2-3,6-7,10-11,13-14,29H,4H2,1H3. The fraction of sp³-hybridized carbons (Fsp3) is 0.550. The molecule has 2 bridgehead atoms. The van der Waals surface area contributed by atoms with Crippen LogP contribution < -0.4 is 4.74 Å². The Hall–Kier alpha value is -3.13. The number of carbonyl (C=O) groups is 3. The van der Waals surface area contributed by atoms with Gasteiger partial charge >= 0.3 is 36.2 Å². The molecule has 1 heterocycles. The Morgan fingerprint density at radius 3 is 2.03 bits per heavy atom. The summed E-state index contributed by atoms with van der Waals surface area (Å²) in [5.41, 5.74) is -4.25. The first-order chi connectivity index (χ1) is 15.9. The molecule has 3 fully saturated rings. The zero-order valence-corrected chi connectivity index (χ0v) is 17.2.